The maximum absolute atomic E-state index is 10.5. The van der Waals surface area contributed by atoms with E-state index < -0.39 is 0 Å². The first kappa shape index (κ1) is 9.07. The van der Waals surface area contributed by atoms with Gasteiger partial charge in [0.1, 0.15) is 0 Å². The third kappa shape index (κ3) is 3.17. The van der Waals surface area contributed by atoms with Crippen molar-refractivity contribution in [3.63, 3.8) is 0 Å². The normalized spacial score (nSPS) is 9.00. The summed E-state index contributed by atoms with van der Waals surface area (Å²) in [4.78, 5) is 20.4. The number of rotatable bonds is 4. The molecule has 0 aliphatic heterocycles. The molecule has 0 unspecified atom stereocenters. The van der Waals surface area contributed by atoms with Crippen LogP contribution in [0.5, 0.6) is 0 Å². The van der Waals surface area contributed by atoms with Gasteiger partial charge in [0.25, 0.3) is 0 Å². The summed E-state index contributed by atoms with van der Waals surface area (Å²) < 4.78 is 0. The molecule has 0 heterocycles. The molecule has 0 aromatic carbocycles. The molecule has 58 valence electrons. The third-order valence-corrected chi connectivity index (χ3v) is 1.19. The summed E-state index contributed by atoms with van der Waals surface area (Å²) in [5, 5.41) is 3.49. The van der Waals surface area contributed by atoms with Gasteiger partial charge in [0.05, 0.1) is 5.29 Å². The van der Waals surface area contributed by atoms with Crippen molar-refractivity contribution >= 4 is 5.91 Å². The first-order valence-electron chi connectivity index (χ1n) is 3.33. The van der Waals surface area contributed by atoms with E-state index >= 15 is 0 Å². The molecule has 0 atom stereocenters. The zero-order valence-electron chi connectivity index (χ0n) is 6.33. The van der Waals surface area contributed by atoms with Crippen LogP contribution >= 0.6 is 0 Å². The molecule has 0 fully saturated rings. The van der Waals surface area contributed by atoms with Crippen LogP contribution in [0, 0.1) is 4.91 Å². The highest BCUT2D eigenvalue weighted by molar-refractivity contribution is 5.72. The summed E-state index contributed by atoms with van der Waals surface area (Å²) in [6, 6.07) is 0. The Hall–Kier alpha value is -0.930. The Morgan fingerprint density at radius 3 is 2.50 bits per heavy atom. The van der Waals surface area contributed by atoms with Crippen LogP contribution in [0.2, 0.25) is 0 Å². The molecule has 0 spiro atoms. The predicted octanol–water partition coefficient (Wildman–Crippen LogP) is 1.32. The summed E-state index contributed by atoms with van der Waals surface area (Å²) in [7, 11) is 0. The van der Waals surface area contributed by atoms with Crippen LogP contribution in [-0.2, 0) is 4.79 Å². The molecule has 4 nitrogen and oxygen atoms in total. The lowest BCUT2D eigenvalue weighted by Gasteiger charge is -2.08. The number of hydrogen-bond acceptors (Lipinski definition) is 3. The van der Waals surface area contributed by atoms with Crippen LogP contribution in [-0.4, -0.2) is 17.5 Å². The van der Waals surface area contributed by atoms with E-state index in [1.807, 2.05) is 6.92 Å². The Labute approximate surface area is 60.2 Å². The van der Waals surface area contributed by atoms with E-state index in [1.54, 1.807) is 0 Å². The van der Waals surface area contributed by atoms with E-state index in [2.05, 4.69) is 5.29 Å². The van der Waals surface area contributed by atoms with Crippen molar-refractivity contribution in [1.29, 1.82) is 0 Å². The van der Waals surface area contributed by atoms with Gasteiger partial charge >= 0.3 is 0 Å². The van der Waals surface area contributed by atoms with Gasteiger partial charge in [0.2, 0.25) is 5.91 Å². The second kappa shape index (κ2) is 4.90. The van der Waals surface area contributed by atoms with Gasteiger partial charge in [-0.2, -0.15) is 5.01 Å². The molecule has 0 radical (unpaired) electrons. The van der Waals surface area contributed by atoms with Gasteiger partial charge in [-0.1, -0.05) is 13.3 Å². The van der Waals surface area contributed by atoms with Gasteiger partial charge in [-0.3, -0.25) is 4.79 Å². The Morgan fingerprint density at radius 2 is 2.20 bits per heavy atom. The summed E-state index contributed by atoms with van der Waals surface area (Å²) in [5.74, 6) is -0.288. The number of nitroso groups, excluding NO2 is 1. The lowest BCUT2D eigenvalue weighted by atomic mass is 10.3. The topological polar surface area (TPSA) is 49.7 Å². The SMILES string of the molecule is CCCCN(N=O)C(C)=O. The molecule has 0 N–H and O–H groups in total. The van der Waals surface area contributed by atoms with Crippen LogP contribution in [0.1, 0.15) is 26.7 Å². The maximum atomic E-state index is 10.5. The van der Waals surface area contributed by atoms with Crippen molar-refractivity contribution in [3.05, 3.63) is 4.91 Å². The number of unbranched alkanes of at least 4 members (excludes halogenated alkanes) is 1. The van der Waals surface area contributed by atoms with Crippen LogP contribution in [0.25, 0.3) is 0 Å². The molecule has 0 saturated carbocycles. The van der Waals surface area contributed by atoms with E-state index in [4.69, 9.17) is 0 Å². The predicted molar refractivity (Wildman–Crippen MR) is 38.1 cm³/mol. The zero-order chi connectivity index (χ0) is 7.98. The molecule has 0 saturated heterocycles. The Kier molecular flexibility index (Phi) is 4.45. The van der Waals surface area contributed by atoms with Crippen molar-refractivity contribution < 1.29 is 4.79 Å². The van der Waals surface area contributed by atoms with E-state index in [1.165, 1.54) is 6.92 Å². The monoisotopic (exact) mass is 144 g/mol. The highest BCUT2D eigenvalue weighted by Crippen LogP contribution is 1.94. The van der Waals surface area contributed by atoms with Crippen molar-refractivity contribution in [3.8, 4) is 0 Å². The van der Waals surface area contributed by atoms with Crippen LogP contribution in [0.4, 0.5) is 0 Å². The number of carbonyl (C=O) groups is 1. The molecule has 4 heteroatoms. The summed E-state index contributed by atoms with van der Waals surface area (Å²) in [5.41, 5.74) is 0. The lowest BCUT2D eigenvalue weighted by molar-refractivity contribution is -0.129. The van der Waals surface area contributed by atoms with Crippen molar-refractivity contribution in [2.45, 2.75) is 26.7 Å². The van der Waals surface area contributed by atoms with Crippen molar-refractivity contribution in [1.82, 2.24) is 5.01 Å². The number of carbonyl (C=O) groups excluding carboxylic acids is 1. The first-order valence-corrected chi connectivity index (χ1v) is 3.33. The Balaban J connectivity index is 3.60. The van der Waals surface area contributed by atoms with Gasteiger partial charge in [-0.05, 0) is 6.42 Å². The highest BCUT2D eigenvalue weighted by Gasteiger charge is 2.05. The summed E-state index contributed by atoms with van der Waals surface area (Å²) in [6.07, 6.45) is 1.78. The fourth-order valence-corrected chi connectivity index (χ4v) is 0.564. The van der Waals surface area contributed by atoms with E-state index in [-0.39, 0.29) is 5.91 Å². The second-order valence-corrected chi connectivity index (χ2v) is 2.08. The van der Waals surface area contributed by atoms with Gasteiger partial charge in [-0.25, -0.2) is 0 Å². The van der Waals surface area contributed by atoms with Gasteiger partial charge in [0.15, 0.2) is 0 Å². The summed E-state index contributed by atoms with van der Waals surface area (Å²) >= 11 is 0. The van der Waals surface area contributed by atoms with E-state index in [9.17, 15) is 9.70 Å². The molecular weight excluding hydrogens is 132 g/mol. The minimum atomic E-state index is -0.288. The maximum Gasteiger partial charge on any atom is 0.242 e. The molecule has 0 aliphatic rings. The molecule has 0 rings (SSSR count). The minimum absolute atomic E-state index is 0.288. The standard InChI is InChI=1S/C6H12N2O2/c1-3-4-5-8(7-10)6(2)9/h3-5H2,1-2H3. The average molecular weight is 144 g/mol. The van der Waals surface area contributed by atoms with Crippen LogP contribution < -0.4 is 0 Å². The van der Waals surface area contributed by atoms with Crippen LogP contribution in [0.15, 0.2) is 5.29 Å². The summed E-state index contributed by atoms with van der Waals surface area (Å²) in [6.45, 7) is 3.76. The smallest absolute Gasteiger partial charge is 0.242 e. The Morgan fingerprint density at radius 1 is 1.60 bits per heavy atom. The fourth-order valence-electron chi connectivity index (χ4n) is 0.564. The van der Waals surface area contributed by atoms with Crippen LogP contribution in [0.3, 0.4) is 0 Å². The van der Waals surface area contributed by atoms with E-state index in [0.29, 0.717) is 6.54 Å². The van der Waals surface area contributed by atoms with Gasteiger partial charge in [0, 0.05) is 13.5 Å². The molecule has 10 heavy (non-hydrogen) atoms. The highest BCUT2D eigenvalue weighted by atomic mass is 16.3. The average Bonchev–Trinajstić information content (AvgIpc) is 1.89. The molecule has 0 aliphatic carbocycles. The lowest BCUT2D eigenvalue weighted by Crippen LogP contribution is -2.23. The minimum Gasteiger partial charge on any atom is -0.273 e. The Bertz CT molecular complexity index is 125. The molecule has 0 bridgehead atoms. The molecular formula is C6H12N2O2. The van der Waals surface area contributed by atoms with Gasteiger partial charge in [-0.15, -0.1) is 4.91 Å². The molecule has 0 aromatic heterocycles. The number of amides is 1. The molecule has 0 aromatic rings. The quantitative estimate of drug-likeness (QED) is 0.441. The fraction of sp³-hybridized carbons (Fsp3) is 0.833. The van der Waals surface area contributed by atoms with Gasteiger partial charge < -0.3 is 0 Å². The third-order valence-electron chi connectivity index (χ3n) is 1.19. The van der Waals surface area contributed by atoms with Crippen molar-refractivity contribution in [2.24, 2.45) is 5.29 Å². The number of nitrogens with zero attached hydrogens (tertiary/aromatic N) is 2. The number of hydrogen-bond donors (Lipinski definition) is 0. The largest absolute Gasteiger partial charge is 0.273 e. The zero-order valence-corrected chi connectivity index (χ0v) is 6.33. The van der Waals surface area contributed by atoms with Crippen molar-refractivity contribution in [2.75, 3.05) is 6.54 Å². The van der Waals surface area contributed by atoms with E-state index in [0.717, 1.165) is 17.9 Å². The second-order valence-electron chi connectivity index (χ2n) is 2.08. The molecule has 1 amide bonds. The first-order chi connectivity index (χ1) is 4.72.